The molecule has 31 heavy (non-hydrogen) atoms. The first kappa shape index (κ1) is 21.3. The molecule has 0 unspecified atom stereocenters. The standard InChI is InChI=1S/C22H26FN3O5/c23-16-8-6-7-15(13-16)21(9-4-5-10-21)19(29)31-14-17(27)25-26-18(28)22(24-20(26)30)11-2-1-3-12-22/h6-8,13H,1-5,9-12,14H2,(H,24,30)(H,25,27). The SMILES string of the molecule is O=C(COC(=O)C1(c2cccc(F)c2)CCCC1)NN1C(=O)NC2(CCCCC2)C1=O. The van der Waals surface area contributed by atoms with E-state index in [0.29, 0.717) is 36.3 Å². The van der Waals surface area contributed by atoms with E-state index in [1.54, 1.807) is 12.1 Å². The number of nitrogens with zero attached hydrogens (tertiary/aromatic N) is 1. The Bertz CT molecular complexity index is 906. The van der Waals surface area contributed by atoms with Crippen molar-refractivity contribution in [1.82, 2.24) is 15.8 Å². The molecule has 166 valence electrons. The number of ether oxygens (including phenoxy) is 1. The highest BCUT2D eigenvalue weighted by Crippen LogP contribution is 2.42. The van der Waals surface area contributed by atoms with Crippen molar-refractivity contribution in [3.8, 4) is 0 Å². The Kier molecular flexibility index (Phi) is 5.68. The van der Waals surface area contributed by atoms with Crippen molar-refractivity contribution in [2.75, 3.05) is 6.61 Å². The number of nitrogens with one attached hydrogen (secondary N) is 2. The van der Waals surface area contributed by atoms with Gasteiger partial charge in [0.25, 0.3) is 11.8 Å². The molecule has 2 aliphatic carbocycles. The normalized spacial score (nSPS) is 21.8. The van der Waals surface area contributed by atoms with Crippen molar-refractivity contribution in [2.24, 2.45) is 0 Å². The third-order valence-corrected chi connectivity index (χ3v) is 6.66. The quantitative estimate of drug-likeness (QED) is 0.551. The van der Waals surface area contributed by atoms with Crippen LogP contribution < -0.4 is 10.7 Å². The van der Waals surface area contributed by atoms with E-state index in [2.05, 4.69) is 10.7 Å². The van der Waals surface area contributed by atoms with Gasteiger partial charge < -0.3 is 10.1 Å². The fraction of sp³-hybridized carbons (Fsp3) is 0.545. The summed E-state index contributed by atoms with van der Waals surface area (Å²) in [5.41, 5.74) is 0.840. The summed E-state index contributed by atoms with van der Waals surface area (Å²) >= 11 is 0. The zero-order valence-electron chi connectivity index (χ0n) is 17.2. The van der Waals surface area contributed by atoms with Gasteiger partial charge in [-0.2, -0.15) is 5.01 Å². The Hall–Kier alpha value is -2.97. The van der Waals surface area contributed by atoms with Crippen LogP contribution in [-0.2, 0) is 24.5 Å². The van der Waals surface area contributed by atoms with Gasteiger partial charge in [0.2, 0.25) is 0 Å². The Morgan fingerprint density at radius 3 is 2.42 bits per heavy atom. The maximum Gasteiger partial charge on any atom is 0.344 e. The molecule has 1 aromatic carbocycles. The van der Waals surface area contributed by atoms with Crippen molar-refractivity contribution >= 4 is 23.8 Å². The van der Waals surface area contributed by atoms with Gasteiger partial charge >= 0.3 is 12.0 Å². The lowest BCUT2D eigenvalue weighted by molar-refractivity contribution is -0.155. The predicted molar refractivity (Wildman–Crippen MR) is 107 cm³/mol. The summed E-state index contributed by atoms with van der Waals surface area (Å²) in [5.74, 6) is -2.31. The van der Waals surface area contributed by atoms with Gasteiger partial charge in [-0.25, -0.2) is 9.18 Å². The molecule has 3 fully saturated rings. The lowest BCUT2D eigenvalue weighted by Gasteiger charge is -2.30. The molecule has 0 aromatic heterocycles. The van der Waals surface area contributed by atoms with Crippen LogP contribution in [-0.4, -0.2) is 41.0 Å². The van der Waals surface area contributed by atoms with E-state index in [9.17, 15) is 23.6 Å². The summed E-state index contributed by atoms with van der Waals surface area (Å²) in [4.78, 5) is 50.2. The van der Waals surface area contributed by atoms with Gasteiger partial charge in [0.1, 0.15) is 11.4 Å². The summed E-state index contributed by atoms with van der Waals surface area (Å²) in [7, 11) is 0. The van der Waals surface area contributed by atoms with Crippen LogP contribution >= 0.6 is 0 Å². The van der Waals surface area contributed by atoms with Crippen molar-refractivity contribution in [2.45, 2.75) is 68.7 Å². The molecule has 0 radical (unpaired) electrons. The first-order valence-corrected chi connectivity index (χ1v) is 10.8. The van der Waals surface area contributed by atoms with Gasteiger partial charge in [0, 0.05) is 0 Å². The average Bonchev–Trinajstić information content (AvgIpc) is 3.34. The van der Waals surface area contributed by atoms with Crippen molar-refractivity contribution in [3.05, 3.63) is 35.6 Å². The smallest absolute Gasteiger partial charge is 0.344 e. The highest BCUT2D eigenvalue weighted by molar-refractivity contribution is 6.08. The van der Waals surface area contributed by atoms with E-state index in [4.69, 9.17) is 4.74 Å². The molecule has 3 aliphatic rings. The molecule has 8 nitrogen and oxygen atoms in total. The maximum atomic E-state index is 13.7. The second-order valence-electron chi connectivity index (χ2n) is 8.62. The van der Waals surface area contributed by atoms with E-state index in [-0.39, 0.29) is 0 Å². The largest absolute Gasteiger partial charge is 0.455 e. The molecule has 1 aliphatic heterocycles. The van der Waals surface area contributed by atoms with E-state index in [0.717, 1.165) is 32.1 Å². The van der Waals surface area contributed by atoms with Gasteiger partial charge in [-0.1, -0.05) is 44.2 Å². The van der Waals surface area contributed by atoms with E-state index >= 15 is 0 Å². The zero-order chi connectivity index (χ0) is 22.1. The minimum Gasteiger partial charge on any atom is -0.455 e. The van der Waals surface area contributed by atoms with Gasteiger partial charge in [0.05, 0.1) is 5.41 Å². The number of urea groups is 1. The molecule has 1 heterocycles. The molecule has 2 N–H and O–H groups in total. The summed E-state index contributed by atoms with van der Waals surface area (Å²) in [6, 6.07) is 5.18. The van der Waals surface area contributed by atoms with E-state index in [1.165, 1.54) is 12.1 Å². The first-order chi connectivity index (χ1) is 14.9. The lowest BCUT2D eigenvalue weighted by Crippen LogP contribution is -2.51. The number of carbonyl (C=O) groups excluding carboxylic acids is 4. The Morgan fingerprint density at radius 1 is 1.06 bits per heavy atom. The second kappa shape index (κ2) is 8.28. The number of amides is 4. The van der Waals surface area contributed by atoms with Crippen LogP contribution in [0.15, 0.2) is 24.3 Å². The third-order valence-electron chi connectivity index (χ3n) is 6.66. The van der Waals surface area contributed by atoms with Crippen LogP contribution in [0.5, 0.6) is 0 Å². The van der Waals surface area contributed by atoms with Crippen LogP contribution in [0.25, 0.3) is 0 Å². The number of esters is 1. The summed E-state index contributed by atoms with van der Waals surface area (Å²) in [6.45, 7) is -0.639. The molecule has 4 amide bonds. The number of halogens is 1. The Labute approximate surface area is 179 Å². The molecule has 1 saturated heterocycles. The zero-order valence-corrected chi connectivity index (χ0v) is 17.2. The second-order valence-corrected chi connectivity index (χ2v) is 8.62. The number of hydrogen-bond acceptors (Lipinski definition) is 5. The molecule has 0 bridgehead atoms. The van der Waals surface area contributed by atoms with Crippen LogP contribution in [0.4, 0.5) is 9.18 Å². The Morgan fingerprint density at radius 2 is 1.74 bits per heavy atom. The lowest BCUT2D eigenvalue weighted by atomic mass is 9.79. The van der Waals surface area contributed by atoms with Crippen molar-refractivity contribution in [3.63, 3.8) is 0 Å². The maximum absolute atomic E-state index is 13.7. The molecule has 1 spiro atoms. The summed E-state index contributed by atoms with van der Waals surface area (Å²) < 4.78 is 19.0. The van der Waals surface area contributed by atoms with Crippen molar-refractivity contribution in [1.29, 1.82) is 0 Å². The molecular formula is C22H26FN3O5. The molecule has 9 heteroatoms. The predicted octanol–water partition coefficient (Wildman–Crippen LogP) is 2.47. The summed E-state index contributed by atoms with van der Waals surface area (Å²) in [5, 5.41) is 3.38. The number of benzene rings is 1. The monoisotopic (exact) mass is 431 g/mol. The fourth-order valence-electron chi connectivity index (χ4n) is 5.02. The average molecular weight is 431 g/mol. The van der Waals surface area contributed by atoms with Gasteiger partial charge in [-0.3, -0.25) is 19.8 Å². The number of imide groups is 1. The van der Waals surface area contributed by atoms with Gasteiger partial charge in [0.15, 0.2) is 6.61 Å². The van der Waals surface area contributed by atoms with Crippen LogP contribution in [0, 0.1) is 5.82 Å². The molecular weight excluding hydrogens is 405 g/mol. The van der Waals surface area contributed by atoms with Crippen LogP contribution in [0.1, 0.15) is 63.4 Å². The Balaban J connectivity index is 1.38. The number of hydrogen-bond donors (Lipinski definition) is 2. The topological polar surface area (TPSA) is 105 Å². The minimum atomic E-state index is -0.991. The first-order valence-electron chi connectivity index (χ1n) is 10.8. The molecule has 2 saturated carbocycles. The van der Waals surface area contributed by atoms with Gasteiger partial charge in [-0.05, 0) is 43.4 Å². The number of hydrazine groups is 1. The minimum absolute atomic E-state index is 0.440. The molecule has 1 aromatic rings. The van der Waals surface area contributed by atoms with E-state index in [1.807, 2.05) is 0 Å². The molecule has 0 atom stereocenters. The fourth-order valence-corrected chi connectivity index (χ4v) is 5.02. The highest BCUT2D eigenvalue weighted by Gasteiger charge is 2.52. The highest BCUT2D eigenvalue weighted by atomic mass is 19.1. The molecule has 4 rings (SSSR count). The third kappa shape index (κ3) is 3.88. The van der Waals surface area contributed by atoms with Crippen LogP contribution in [0.3, 0.4) is 0 Å². The van der Waals surface area contributed by atoms with Crippen LogP contribution in [0.2, 0.25) is 0 Å². The summed E-state index contributed by atoms with van der Waals surface area (Å²) in [6.07, 6.45) is 6.33. The van der Waals surface area contributed by atoms with E-state index < -0.39 is 47.2 Å². The van der Waals surface area contributed by atoms with Gasteiger partial charge in [-0.15, -0.1) is 0 Å². The van der Waals surface area contributed by atoms with Crippen molar-refractivity contribution < 1.29 is 28.3 Å². The number of rotatable bonds is 5. The number of carbonyl (C=O) groups is 4.